The summed E-state index contributed by atoms with van der Waals surface area (Å²) in [7, 11) is 0. The van der Waals surface area contributed by atoms with Gasteiger partial charge in [0.25, 0.3) is 11.8 Å². The predicted molar refractivity (Wildman–Crippen MR) is 126 cm³/mol. The maximum Gasteiger partial charge on any atom is 0.275 e. The number of benzene rings is 2. The Bertz CT molecular complexity index is 1060. The molecule has 0 bridgehead atoms. The monoisotopic (exact) mass is 433 g/mol. The molecule has 7 heteroatoms. The second-order valence-electron chi connectivity index (χ2n) is 8.66. The third kappa shape index (κ3) is 4.83. The van der Waals surface area contributed by atoms with Crippen molar-refractivity contribution in [2.24, 2.45) is 0 Å². The van der Waals surface area contributed by atoms with Crippen molar-refractivity contribution in [1.29, 1.82) is 0 Å². The molecule has 1 aliphatic heterocycles. The summed E-state index contributed by atoms with van der Waals surface area (Å²) in [5.41, 5.74) is 2.03. The lowest BCUT2D eigenvalue weighted by Gasteiger charge is -2.40. The Kier molecular flexibility index (Phi) is 6.85. The molecule has 3 N–H and O–H groups in total. The zero-order valence-electron chi connectivity index (χ0n) is 18.7. The van der Waals surface area contributed by atoms with Gasteiger partial charge in [-0.3, -0.25) is 14.7 Å². The first-order valence-corrected chi connectivity index (χ1v) is 11.4. The Balaban J connectivity index is 1.39. The number of nitrogens with one attached hydrogen (secondary N) is 3. The molecule has 1 aromatic heterocycles. The first-order chi connectivity index (χ1) is 15.5. The summed E-state index contributed by atoms with van der Waals surface area (Å²) in [4.78, 5) is 27.8. The number of carbonyl (C=O) groups excluding carboxylic acids is 2. The number of para-hydroxylation sites is 1. The Hall–Kier alpha value is -3.19. The number of piperidine rings is 1. The average Bonchev–Trinajstić information content (AvgIpc) is 3.24. The normalized spacial score (nSPS) is 18.6. The van der Waals surface area contributed by atoms with Gasteiger partial charge in [0.1, 0.15) is 0 Å². The zero-order valence-corrected chi connectivity index (χ0v) is 18.7. The van der Waals surface area contributed by atoms with Gasteiger partial charge in [0.15, 0.2) is 5.69 Å². The molecule has 2 atom stereocenters. The molecule has 2 aromatic carbocycles. The molecular formula is C25H31N5O2. The fourth-order valence-corrected chi connectivity index (χ4v) is 4.58. The van der Waals surface area contributed by atoms with E-state index in [-0.39, 0.29) is 29.9 Å². The summed E-state index contributed by atoms with van der Waals surface area (Å²) in [6, 6.07) is 17.4. The molecule has 0 spiro atoms. The molecule has 168 valence electrons. The van der Waals surface area contributed by atoms with Crippen LogP contribution in [0.3, 0.4) is 0 Å². The van der Waals surface area contributed by atoms with Crippen LogP contribution in [-0.2, 0) is 0 Å². The van der Waals surface area contributed by atoms with Crippen molar-refractivity contribution in [2.45, 2.75) is 51.2 Å². The first kappa shape index (κ1) is 22.0. The summed E-state index contributed by atoms with van der Waals surface area (Å²) in [6.45, 7) is 5.56. The molecule has 2 unspecified atom stereocenters. The fraction of sp³-hybridized carbons (Fsp3) is 0.400. The molecule has 7 nitrogen and oxygen atoms in total. The van der Waals surface area contributed by atoms with E-state index in [0.717, 1.165) is 36.7 Å². The second kappa shape index (κ2) is 9.96. The smallest absolute Gasteiger partial charge is 0.275 e. The van der Waals surface area contributed by atoms with E-state index in [4.69, 9.17) is 0 Å². The van der Waals surface area contributed by atoms with Gasteiger partial charge < -0.3 is 15.5 Å². The average molecular weight is 434 g/mol. The van der Waals surface area contributed by atoms with Gasteiger partial charge in [0.2, 0.25) is 0 Å². The summed E-state index contributed by atoms with van der Waals surface area (Å²) >= 11 is 0. The highest BCUT2D eigenvalue weighted by atomic mass is 16.2. The maximum absolute atomic E-state index is 13.5. The number of rotatable bonds is 7. The first-order valence-electron chi connectivity index (χ1n) is 11.4. The van der Waals surface area contributed by atoms with E-state index in [2.05, 4.69) is 34.7 Å². The lowest BCUT2D eigenvalue weighted by atomic mass is 9.94. The van der Waals surface area contributed by atoms with E-state index in [9.17, 15) is 9.59 Å². The van der Waals surface area contributed by atoms with Gasteiger partial charge in [-0.2, -0.15) is 5.10 Å². The van der Waals surface area contributed by atoms with E-state index in [1.54, 1.807) is 0 Å². The Morgan fingerprint density at radius 1 is 1.12 bits per heavy atom. The largest absolute Gasteiger partial charge is 0.352 e. The van der Waals surface area contributed by atoms with Crippen LogP contribution in [0.15, 0.2) is 54.6 Å². The van der Waals surface area contributed by atoms with Crippen molar-refractivity contribution in [3.05, 3.63) is 65.9 Å². The second-order valence-corrected chi connectivity index (χ2v) is 8.66. The van der Waals surface area contributed by atoms with Gasteiger partial charge in [-0.1, -0.05) is 36.4 Å². The fourth-order valence-electron chi connectivity index (χ4n) is 4.58. The molecule has 1 fully saturated rings. The van der Waals surface area contributed by atoms with E-state index in [1.165, 1.54) is 0 Å². The Morgan fingerprint density at radius 3 is 2.66 bits per heavy atom. The Labute approximate surface area is 188 Å². The van der Waals surface area contributed by atoms with E-state index in [0.29, 0.717) is 17.8 Å². The molecule has 2 amide bonds. The highest BCUT2D eigenvalue weighted by Crippen LogP contribution is 2.24. The third-order valence-electron chi connectivity index (χ3n) is 6.14. The highest BCUT2D eigenvalue weighted by molar-refractivity contribution is 6.04. The van der Waals surface area contributed by atoms with E-state index in [1.807, 2.05) is 59.5 Å². The SMILES string of the molecule is CC(C)N(C(=O)c1n[nH]c2ccccc12)C1CCNC(CCNC(=O)c2ccccc2)C1. The molecule has 0 radical (unpaired) electrons. The topological polar surface area (TPSA) is 90.1 Å². The number of carbonyl (C=O) groups is 2. The molecule has 1 saturated heterocycles. The minimum atomic E-state index is -0.0534. The lowest BCUT2D eigenvalue weighted by molar-refractivity contribution is 0.0532. The van der Waals surface area contributed by atoms with Gasteiger partial charge in [-0.05, 0) is 57.9 Å². The van der Waals surface area contributed by atoms with Gasteiger partial charge >= 0.3 is 0 Å². The van der Waals surface area contributed by atoms with Crippen LogP contribution in [0, 0.1) is 0 Å². The molecule has 32 heavy (non-hydrogen) atoms. The van der Waals surface area contributed by atoms with Crippen LogP contribution >= 0.6 is 0 Å². The molecule has 4 rings (SSSR count). The van der Waals surface area contributed by atoms with E-state index >= 15 is 0 Å². The molecular weight excluding hydrogens is 402 g/mol. The van der Waals surface area contributed by atoms with Crippen LogP contribution in [-0.4, -0.2) is 58.1 Å². The van der Waals surface area contributed by atoms with Crippen molar-refractivity contribution in [1.82, 2.24) is 25.7 Å². The quantitative estimate of drug-likeness (QED) is 0.533. The minimum Gasteiger partial charge on any atom is -0.352 e. The minimum absolute atomic E-state index is 0.0273. The summed E-state index contributed by atoms with van der Waals surface area (Å²) in [6.07, 6.45) is 2.58. The van der Waals surface area contributed by atoms with Crippen molar-refractivity contribution >= 4 is 22.7 Å². The zero-order chi connectivity index (χ0) is 22.5. The lowest BCUT2D eigenvalue weighted by Crippen LogP contribution is -2.53. The van der Waals surface area contributed by atoms with Crippen LogP contribution in [0.5, 0.6) is 0 Å². The summed E-state index contributed by atoms with van der Waals surface area (Å²) in [5, 5.41) is 14.7. The van der Waals surface area contributed by atoms with Crippen LogP contribution in [0.1, 0.15) is 54.0 Å². The molecule has 2 heterocycles. The number of nitrogens with zero attached hydrogens (tertiary/aromatic N) is 2. The standard InChI is InChI=1S/C25H31N5O2/c1-17(2)30(25(32)23-21-10-6-7-11-22(21)28-29-23)20-13-15-26-19(16-20)12-14-27-24(31)18-8-4-3-5-9-18/h3-11,17,19-20,26H,12-16H2,1-2H3,(H,27,31)(H,28,29). The number of fused-ring (bicyclic) bond motifs is 1. The van der Waals surface area contributed by atoms with Gasteiger partial charge in [-0.15, -0.1) is 0 Å². The molecule has 1 aliphatic rings. The number of amides is 2. The number of H-pyrrole nitrogens is 1. The van der Waals surface area contributed by atoms with Crippen LogP contribution in [0.2, 0.25) is 0 Å². The van der Waals surface area contributed by atoms with E-state index < -0.39 is 0 Å². The number of hydrogen-bond donors (Lipinski definition) is 3. The summed E-state index contributed by atoms with van der Waals surface area (Å²) < 4.78 is 0. The van der Waals surface area contributed by atoms with Crippen LogP contribution in [0.4, 0.5) is 0 Å². The third-order valence-corrected chi connectivity index (χ3v) is 6.14. The molecule has 0 saturated carbocycles. The van der Waals surface area contributed by atoms with Crippen LogP contribution < -0.4 is 10.6 Å². The van der Waals surface area contributed by atoms with Crippen LogP contribution in [0.25, 0.3) is 10.9 Å². The van der Waals surface area contributed by atoms with Crippen molar-refractivity contribution in [2.75, 3.05) is 13.1 Å². The predicted octanol–water partition coefficient (Wildman–Crippen LogP) is 3.35. The molecule has 3 aromatic rings. The van der Waals surface area contributed by atoms with Crippen molar-refractivity contribution in [3.8, 4) is 0 Å². The van der Waals surface area contributed by atoms with Crippen molar-refractivity contribution < 1.29 is 9.59 Å². The number of aromatic nitrogens is 2. The Morgan fingerprint density at radius 2 is 1.88 bits per heavy atom. The van der Waals surface area contributed by atoms with Crippen molar-refractivity contribution in [3.63, 3.8) is 0 Å². The maximum atomic E-state index is 13.5. The summed E-state index contributed by atoms with van der Waals surface area (Å²) in [5.74, 6) is -0.0807. The highest BCUT2D eigenvalue weighted by Gasteiger charge is 2.33. The number of hydrogen-bond acceptors (Lipinski definition) is 4. The van der Waals surface area contributed by atoms with Gasteiger partial charge in [-0.25, -0.2) is 0 Å². The van der Waals surface area contributed by atoms with Gasteiger partial charge in [0.05, 0.1) is 5.52 Å². The molecule has 0 aliphatic carbocycles. The number of aromatic amines is 1. The van der Waals surface area contributed by atoms with Gasteiger partial charge in [0, 0.05) is 35.6 Å².